The van der Waals surface area contributed by atoms with Crippen LogP contribution in [0.3, 0.4) is 0 Å². The van der Waals surface area contributed by atoms with Gasteiger partial charge in [-0.15, -0.1) is 0 Å². The molecule has 1 N–H and O–H groups in total. The van der Waals surface area contributed by atoms with Gasteiger partial charge in [0.15, 0.2) is 0 Å². The maximum Gasteiger partial charge on any atom is 0.138 e. The molecule has 1 saturated heterocycles. The Hall–Kier alpha value is -0.870. The third-order valence-electron chi connectivity index (χ3n) is 3.40. The SMILES string of the molecule is CCc1noc(C)c1CN1CCNC[C@H]1C. The molecule has 2 heterocycles. The number of hydrogen-bond acceptors (Lipinski definition) is 4. The minimum Gasteiger partial charge on any atom is -0.361 e. The van der Waals surface area contributed by atoms with Gasteiger partial charge in [-0.3, -0.25) is 4.90 Å². The Balaban J connectivity index is 2.09. The summed E-state index contributed by atoms with van der Waals surface area (Å²) in [5.41, 5.74) is 2.40. The topological polar surface area (TPSA) is 41.3 Å². The molecule has 1 aliphatic heterocycles. The van der Waals surface area contributed by atoms with Gasteiger partial charge in [-0.1, -0.05) is 12.1 Å². The highest BCUT2D eigenvalue weighted by Gasteiger charge is 2.21. The first kappa shape index (κ1) is 11.6. The van der Waals surface area contributed by atoms with E-state index in [2.05, 4.69) is 29.2 Å². The van der Waals surface area contributed by atoms with E-state index in [0.29, 0.717) is 6.04 Å². The smallest absolute Gasteiger partial charge is 0.138 e. The van der Waals surface area contributed by atoms with Gasteiger partial charge >= 0.3 is 0 Å². The molecule has 4 heteroatoms. The van der Waals surface area contributed by atoms with E-state index < -0.39 is 0 Å². The summed E-state index contributed by atoms with van der Waals surface area (Å²) in [5.74, 6) is 0.975. The molecular weight excluding hydrogens is 202 g/mol. The lowest BCUT2D eigenvalue weighted by molar-refractivity contribution is 0.164. The van der Waals surface area contributed by atoms with E-state index in [-0.39, 0.29) is 0 Å². The summed E-state index contributed by atoms with van der Waals surface area (Å²) in [7, 11) is 0. The van der Waals surface area contributed by atoms with Crippen LogP contribution in [0, 0.1) is 6.92 Å². The third-order valence-corrected chi connectivity index (χ3v) is 3.40. The molecule has 90 valence electrons. The van der Waals surface area contributed by atoms with Gasteiger partial charge in [0.05, 0.1) is 5.69 Å². The van der Waals surface area contributed by atoms with Crippen LogP contribution in [0.1, 0.15) is 30.9 Å². The van der Waals surface area contributed by atoms with E-state index in [1.807, 2.05) is 6.92 Å². The fraction of sp³-hybridized carbons (Fsp3) is 0.750. The molecule has 0 amide bonds. The Morgan fingerprint density at radius 1 is 1.56 bits per heavy atom. The van der Waals surface area contributed by atoms with Crippen LogP contribution < -0.4 is 5.32 Å². The number of rotatable bonds is 3. The molecule has 1 atom stereocenters. The Morgan fingerprint density at radius 3 is 3.06 bits per heavy atom. The van der Waals surface area contributed by atoms with Crippen LogP contribution in [-0.2, 0) is 13.0 Å². The summed E-state index contributed by atoms with van der Waals surface area (Å²) in [6.07, 6.45) is 0.952. The first-order valence-electron chi connectivity index (χ1n) is 6.11. The summed E-state index contributed by atoms with van der Waals surface area (Å²) in [5, 5.41) is 7.51. The van der Waals surface area contributed by atoms with Crippen molar-refractivity contribution in [3.8, 4) is 0 Å². The van der Waals surface area contributed by atoms with E-state index in [1.54, 1.807) is 0 Å². The summed E-state index contributed by atoms with van der Waals surface area (Å²) >= 11 is 0. The molecule has 1 aliphatic rings. The van der Waals surface area contributed by atoms with E-state index >= 15 is 0 Å². The van der Waals surface area contributed by atoms with Crippen molar-refractivity contribution in [2.24, 2.45) is 0 Å². The second kappa shape index (κ2) is 4.97. The molecule has 1 fully saturated rings. The van der Waals surface area contributed by atoms with Crippen molar-refractivity contribution >= 4 is 0 Å². The summed E-state index contributed by atoms with van der Waals surface area (Å²) < 4.78 is 5.27. The van der Waals surface area contributed by atoms with E-state index in [0.717, 1.165) is 44.1 Å². The third kappa shape index (κ3) is 2.28. The zero-order valence-corrected chi connectivity index (χ0v) is 10.4. The van der Waals surface area contributed by atoms with Crippen LogP contribution in [-0.4, -0.2) is 35.7 Å². The number of nitrogens with zero attached hydrogens (tertiary/aromatic N) is 2. The van der Waals surface area contributed by atoms with Gasteiger partial charge in [-0.05, 0) is 20.3 Å². The van der Waals surface area contributed by atoms with Crippen molar-refractivity contribution < 1.29 is 4.52 Å². The molecule has 4 nitrogen and oxygen atoms in total. The van der Waals surface area contributed by atoms with Crippen LogP contribution in [0.15, 0.2) is 4.52 Å². The first-order chi connectivity index (χ1) is 7.72. The van der Waals surface area contributed by atoms with Gasteiger partial charge in [0.2, 0.25) is 0 Å². The van der Waals surface area contributed by atoms with Gasteiger partial charge < -0.3 is 9.84 Å². The summed E-state index contributed by atoms with van der Waals surface area (Å²) in [6, 6.07) is 0.591. The van der Waals surface area contributed by atoms with Crippen LogP contribution in [0.5, 0.6) is 0 Å². The standard InChI is InChI=1S/C12H21N3O/c1-4-12-11(10(3)16-14-12)8-15-6-5-13-7-9(15)2/h9,13H,4-8H2,1-3H3/t9-/m1/s1. The highest BCUT2D eigenvalue weighted by molar-refractivity contribution is 5.22. The molecule has 0 radical (unpaired) electrons. The highest BCUT2D eigenvalue weighted by atomic mass is 16.5. The van der Waals surface area contributed by atoms with Gasteiger partial charge in [0, 0.05) is 37.8 Å². The van der Waals surface area contributed by atoms with Crippen molar-refractivity contribution in [1.29, 1.82) is 0 Å². The fourth-order valence-electron chi connectivity index (χ4n) is 2.24. The summed E-state index contributed by atoms with van der Waals surface area (Å²) in [6.45, 7) is 10.6. The zero-order valence-electron chi connectivity index (χ0n) is 10.4. The molecule has 0 saturated carbocycles. The molecule has 0 unspecified atom stereocenters. The lowest BCUT2D eigenvalue weighted by atomic mass is 10.1. The fourth-order valence-corrected chi connectivity index (χ4v) is 2.24. The van der Waals surface area contributed by atoms with Crippen molar-refractivity contribution in [2.75, 3.05) is 19.6 Å². The first-order valence-corrected chi connectivity index (χ1v) is 6.11. The molecule has 2 rings (SSSR count). The van der Waals surface area contributed by atoms with Gasteiger partial charge in [-0.2, -0.15) is 0 Å². The number of hydrogen-bond donors (Lipinski definition) is 1. The highest BCUT2D eigenvalue weighted by Crippen LogP contribution is 2.18. The lowest BCUT2D eigenvalue weighted by Crippen LogP contribution is -2.49. The largest absolute Gasteiger partial charge is 0.361 e. The average Bonchev–Trinajstić information content (AvgIpc) is 2.63. The lowest BCUT2D eigenvalue weighted by Gasteiger charge is -2.33. The minimum atomic E-state index is 0.591. The Bertz CT molecular complexity index is 348. The second-order valence-corrected chi connectivity index (χ2v) is 4.54. The molecule has 0 spiro atoms. The van der Waals surface area contributed by atoms with Crippen molar-refractivity contribution in [3.63, 3.8) is 0 Å². The van der Waals surface area contributed by atoms with E-state index in [4.69, 9.17) is 4.52 Å². The Morgan fingerprint density at radius 2 is 2.38 bits per heavy atom. The van der Waals surface area contributed by atoms with Crippen LogP contribution in [0.2, 0.25) is 0 Å². The molecule has 0 bridgehead atoms. The molecular formula is C12H21N3O. The number of piperazine rings is 1. The second-order valence-electron chi connectivity index (χ2n) is 4.54. The Kier molecular flexibility index (Phi) is 3.61. The summed E-state index contributed by atoms with van der Waals surface area (Å²) in [4.78, 5) is 2.50. The van der Waals surface area contributed by atoms with Crippen molar-refractivity contribution in [1.82, 2.24) is 15.4 Å². The van der Waals surface area contributed by atoms with Crippen LogP contribution in [0.25, 0.3) is 0 Å². The van der Waals surface area contributed by atoms with Gasteiger partial charge in [0.1, 0.15) is 5.76 Å². The molecule has 1 aromatic heterocycles. The normalized spacial score (nSPS) is 22.6. The van der Waals surface area contributed by atoms with Crippen molar-refractivity contribution in [3.05, 3.63) is 17.0 Å². The van der Waals surface area contributed by atoms with Crippen molar-refractivity contribution in [2.45, 2.75) is 39.8 Å². The Labute approximate surface area is 97.0 Å². The van der Waals surface area contributed by atoms with Gasteiger partial charge in [-0.25, -0.2) is 0 Å². The monoisotopic (exact) mass is 223 g/mol. The average molecular weight is 223 g/mol. The van der Waals surface area contributed by atoms with Gasteiger partial charge in [0.25, 0.3) is 0 Å². The van der Waals surface area contributed by atoms with E-state index in [9.17, 15) is 0 Å². The van der Waals surface area contributed by atoms with Crippen LogP contribution in [0.4, 0.5) is 0 Å². The number of aromatic nitrogens is 1. The minimum absolute atomic E-state index is 0.591. The molecule has 1 aromatic rings. The molecule has 0 aliphatic carbocycles. The van der Waals surface area contributed by atoms with E-state index in [1.165, 1.54) is 5.56 Å². The molecule has 16 heavy (non-hydrogen) atoms. The zero-order chi connectivity index (χ0) is 11.5. The molecule has 0 aromatic carbocycles. The number of nitrogens with one attached hydrogen (secondary N) is 1. The number of aryl methyl sites for hydroxylation is 2. The maximum atomic E-state index is 5.27. The maximum absolute atomic E-state index is 5.27. The van der Waals surface area contributed by atoms with Crippen LogP contribution >= 0.6 is 0 Å². The quantitative estimate of drug-likeness (QED) is 0.839. The predicted molar refractivity (Wildman–Crippen MR) is 63.4 cm³/mol. The predicted octanol–water partition coefficient (Wildman–Crippen LogP) is 1.34.